The lowest BCUT2D eigenvalue weighted by molar-refractivity contribution is -0.139. The molecule has 0 saturated heterocycles. The second-order valence-electron chi connectivity index (χ2n) is 3.66. The minimum Gasteiger partial charge on any atom is -0.497 e. The summed E-state index contributed by atoms with van der Waals surface area (Å²) in [6, 6.07) is 5.82. The fraction of sp³-hybridized carbons (Fsp3) is 0.308. The molecule has 2 rings (SSSR count). The number of rotatable bonds is 5. The van der Waals surface area contributed by atoms with Gasteiger partial charge in [-0.25, -0.2) is 0 Å². The van der Waals surface area contributed by atoms with E-state index < -0.39 is 0 Å². The van der Waals surface area contributed by atoms with Crippen molar-refractivity contribution in [1.82, 2.24) is 4.98 Å². The lowest BCUT2D eigenvalue weighted by Crippen LogP contribution is -2.06. The Morgan fingerprint density at radius 2 is 2.28 bits per heavy atom. The smallest absolute Gasteiger partial charge is 0.316 e. The van der Waals surface area contributed by atoms with Gasteiger partial charge in [0.15, 0.2) is 0 Å². The van der Waals surface area contributed by atoms with Crippen molar-refractivity contribution < 1.29 is 14.3 Å². The highest BCUT2D eigenvalue weighted by molar-refractivity contribution is 8.00. The highest BCUT2D eigenvalue weighted by Crippen LogP contribution is 2.30. The molecule has 0 aliphatic rings. The van der Waals surface area contributed by atoms with Crippen LogP contribution in [-0.4, -0.2) is 30.4 Å². The van der Waals surface area contributed by atoms with Gasteiger partial charge in [-0.3, -0.25) is 4.79 Å². The summed E-state index contributed by atoms with van der Waals surface area (Å²) >= 11 is 1.46. The van der Waals surface area contributed by atoms with E-state index >= 15 is 0 Å². The summed E-state index contributed by atoms with van der Waals surface area (Å²) in [5.41, 5.74) is 1.03. The number of methoxy groups -OCH3 is 1. The maximum absolute atomic E-state index is 11.3. The molecule has 0 amide bonds. The first-order chi connectivity index (χ1) is 8.74. The number of carbonyl (C=O) groups is 1. The van der Waals surface area contributed by atoms with E-state index in [9.17, 15) is 4.79 Å². The minimum absolute atomic E-state index is 0.195. The molecule has 0 saturated carbocycles. The number of fused-ring (bicyclic) bond motifs is 1. The molecule has 96 valence electrons. The summed E-state index contributed by atoms with van der Waals surface area (Å²) in [4.78, 5) is 15.5. The van der Waals surface area contributed by atoms with Gasteiger partial charge >= 0.3 is 5.97 Å². The lowest BCUT2D eigenvalue weighted by Gasteiger charge is -2.02. The van der Waals surface area contributed by atoms with Crippen molar-refractivity contribution in [2.75, 3.05) is 19.5 Å². The van der Waals surface area contributed by atoms with E-state index in [0.29, 0.717) is 12.4 Å². The molecule has 2 aromatic rings. The molecule has 0 atom stereocenters. The number of hydrogen-bond acceptors (Lipinski definition) is 4. The van der Waals surface area contributed by atoms with Gasteiger partial charge in [-0.15, -0.1) is 11.8 Å². The second kappa shape index (κ2) is 5.82. The number of thioether (sulfide) groups is 1. The Hall–Kier alpha value is -1.62. The van der Waals surface area contributed by atoms with Gasteiger partial charge in [0.2, 0.25) is 0 Å². The number of H-pyrrole nitrogens is 1. The summed E-state index contributed by atoms with van der Waals surface area (Å²) in [7, 11) is 1.64. The molecule has 1 aromatic carbocycles. The van der Waals surface area contributed by atoms with E-state index in [4.69, 9.17) is 9.47 Å². The minimum atomic E-state index is -0.195. The van der Waals surface area contributed by atoms with Crippen molar-refractivity contribution in [2.45, 2.75) is 11.8 Å². The van der Waals surface area contributed by atoms with Crippen molar-refractivity contribution >= 4 is 28.6 Å². The van der Waals surface area contributed by atoms with Crippen molar-refractivity contribution in [3.05, 3.63) is 24.4 Å². The first-order valence-electron chi connectivity index (χ1n) is 5.68. The Labute approximate surface area is 110 Å². The van der Waals surface area contributed by atoms with E-state index in [1.165, 1.54) is 11.8 Å². The SMILES string of the molecule is CCOC(=O)CSc1c[nH]c2ccc(OC)cc12. The monoisotopic (exact) mass is 265 g/mol. The standard InChI is InChI=1S/C13H15NO3S/c1-3-17-13(15)8-18-12-7-14-11-5-4-9(16-2)6-10(11)12/h4-7,14H,3,8H2,1-2H3. The van der Waals surface area contributed by atoms with Gasteiger partial charge in [0.1, 0.15) is 5.75 Å². The van der Waals surface area contributed by atoms with Crippen LogP contribution >= 0.6 is 11.8 Å². The van der Waals surface area contributed by atoms with Crippen LogP contribution in [0.25, 0.3) is 10.9 Å². The normalized spacial score (nSPS) is 10.6. The Morgan fingerprint density at radius 3 is 3.00 bits per heavy atom. The van der Waals surface area contributed by atoms with Gasteiger partial charge in [0.05, 0.1) is 19.5 Å². The summed E-state index contributed by atoms with van der Waals surface area (Å²) in [6.07, 6.45) is 1.90. The van der Waals surface area contributed by atoms with Gasteiger partial charge in [-0.05, 0) is 25.1 Å². The number of hydrogen-bond donors (Lipinski definition) is 1. The molecule has 18 heavy (non-hydrogen) atoms. The number of ether oxygens (including phenoxy) is 2. The number of nitrogens with one attached hydrogen (secondary N) is 1. The zero-order valence-corrected chi connectivity index (χ0v) is 11.2. The van der Waals surface area contributed by atoms with Crippen LogP contribution < -0.4 is 4.74 Å². The van der Waals surface area contributed by atoms with Crippen LogP contribution in [0.4, 0.5) is 0 Å². The molecule has 0 fully saturated rings. The average Bonchev–Trinajstić information content (AvgIpc) is 2.79. The molecular formula is C13H15NO3S. The number of esters is 1. The Kier molecular flexibility index (Phi) is 4.15. The third-order valence-electron chi connectivity index (χ3n) is 2.50. The van der Waals surface area contributed by atoms with Gasteiger partial charge in [0.25, 0.3) is 0 Å². The molecule has 4 nitrogen and oxygen atoms in total. The number of aromatic amines is 1. The fourth-order valence-electron chi connectivity index (χ4n) is 1.66. The maximum Gasteiger partial charge on any atom is 0.316 e. The molecule has 5 heteroatoms. The summed E-state index contributed by atoms with van der Waals surface area (Å²) in [5, 5.41) is 1.06. The van der Waals surface area contributed by atoms with Gasteiger partial charge in [0, 0.05) is 22.0 Å². The first kappa shape index (κ1) is 12.8. The third-order valence-corrected chi connectivity index (χ3v) is 3.53. The molecule has 0 aliphatic carbocycles. The maximum atomic E-state index is 11.3. The zero-order chi connectivity index (χ0) is 13.0. The van der Waals surface area contributed by atoms with Crippen LogP contribution in [-0.2, 0) is 9.53 Å². The van der Waals surface area contributed by atoms with E-state index in [1.54, 1.807) is 14.0 Å². The Balaban J connectivity index is 2.15. The third kappa shape index (κ3) is 2.79. The fourth-order valence-corrected chi connectivity index (χ4v) is 2.48. The summed E-state index contributed by atoms with van der Waals surface area (Å²) < 4.78 is 10.1. The van der Waals surface area contributed by atoms with Crippen molar-refractivity contribution in [3.8, 4) is 5.75 Å². The van der Waals surface area contributed by atoms with Crippen LogP contribution in [0.3, 0.4) is 0 Å². The largest absolute Gasteiger partial charge is 0.497 e. The molecule has 0 spiro atoms. The van der Waals surface area contributed by atoms with E-state index in [1.807, 2.05) is 24.4 Å². The molecule has 0 aliphatic heterocycles. The highest BCUT2D eigenvalue weighted by atomic mass is 32.2. The first-order valence-corrected chi connectivity index (χ1v) is 6.66. The quantitative estimate of drug-likeness (QED) is 0.667. The molecule has 1 heterocycles. The number of aromatic nitrogens is 1. The molecule has 0 unspecified atom stereocenters. The Bertz CT molecular complexity index is 550. The van der Waals surface area contributed by atoms with E-state index in [2.05, 4.69) is 4.98 Å². The van der Waals surface area contributed by atoms with E-state index in [0.717, 1.165) is 21.5 Å². The van der Waals surface area contributed by atoms with Gasteiger partial charge in [-0.1, -0.05) is 0 Å². The average molecular weight is 265 g/mol. The summed E-state index contributed by atoms with van der Waals surface area (Å²) in [5.74, 6) is 0.928. The van der Waals surface area contributed by atoms with Gasteiger partial charge < -0.3 is 14.5 Å². The van der Waals surface area contributed by atoms with E-state index in [-0.39, 0.29) is 5.97 Å². The molecular weight excluding hydrogens is 250 g/mol. The van der Waals surface area contributed by atoms with Crippen LogP contribution in [0.2, 0.25) is 0 Å². The van der Waals surface area contributed by atoms with Crippen LogP contribution in [0.15, 0.2) is 29.3 Å². The second-order valence-corrected chi connectivity index (χ2v) is 4.68. The van der Waals surface area contributed by atoms with Crippen molar-refractivity contribution in [1.29, 1.82) is 0 Å². The predicted molar refractivity (Wildman–Crippen MR) is 72.2 cm³/mol. The Morgan fingerprint density at radius 1 is 1.44 bits per heavy atom. The molecule has 1 N–H and O–H groups in total. The van der Waals surface area contributed by atoms with Crippen molar-refractivity contribution in [2.24, 2.45) is 0 Å². The molecule has 0 radical (unpaired) electrons. The summed E-state index contributed by atoms with van der Waals surface area (Å²) in [6.45, 7) is 2.22. The zero-order valence-electron chi connectivity index (χ0n) is 10.4. The van der Waals surface area contributed by atoms with Crippen LogP contribution in [0.5, 0.6) is 5.75 Å². The molecule has 1 aromatic heterocycles. The van der Waals surface area contributed by atoms with Crippen LogP contribution in [0.1, 0.15) is 6.92 Å². The topological polar surface area (TPSA) is 51.3 Å². The van der Waals surface area contributed by atoms with Crippen molar-refractivity contribution in [3.63, 3.8) is 0 Å². The van der Waals surface area contributed by atoms with Gasteiger partial charge in [-0.2, -0.15) is 0 Å². The number of benzene rings is 1. The predicted octanol–water partition coefficient (Wildman–Crippen LogP) is 2.83. The number of carbonyl (C=O) groups excluding carboxylic acids is 1. The lowest BCUT2D eigenvalue weighted by atomic mass is 10.2. The highest BCUT2D eigenvalue weighted by Gasteiger charge is 2.08. The molecule has 0 bridgehead atoms. The van der Waals surface area contributed by atoms with Crippen LogP contribution in [0, 0.1) is 0 Å².